The van der Waals surface area contributed by atoms with Crippen molar-refractivity contribution in [2.24, 2.45) is 7.05 Å². The van der Waals surface area contributed by atoms with Gasteiger partial charge in [0.25, 0.3) is 0 Å². The Morgan fingerprint density at radius 2 is 2.33 bits per heavy atom. The zero-order valence-electron chi connectivity index (χ0n) is 9.61. The minimum absolute atomic E-state index is 0.426. The van der Waals surface area contributed by atoms with Gasteiger partial charge in [-0.2, -0.15) is 5.26 Å². The highest BCUT2D eigenvalue weighted by Crippen LogP contribution is 2.23. The molecule has 0 spiro atoms. The molecular weight excluding hydrogens is 316 g/mol. The molecule has 0 radical (unpaired) electrons. The van der Waals surface area contributed by atoms with Crippen LogP contribution < -0.4 is 5.32 Å². The third-order valence-electron chi connectivity index (χ3n) is 2.46. The average molecular weight is 326 g/mol. The van der Waals surface area contributed by atoms with E-state index in [1.54, 1.807) is 10.8 Å². The number of nitriles is 1. The molecule has 0 saturated heterocycles. The van der Waals surface area contributed by atoms with E-state index in [2.05, 4.69) is 32.3 Å². The highest BCUT2D eigenvalue weighted by atomic mass is 79.9. The first kappa shape index (κ1) is 12.9. The number of hydrogen-bond donors (Lipinski definition) is 1. The van der Waals surface area contributed by atoms with E-state index in [9.17, 15) is 0 Å². The molecule has 0 unspecified atom stereocenters. The highest BCUT2D eigenvalue weighted by molar-refractivity contribution is 9.10. The molecular formula is C12H10BrClN4. The summed E-state index contributed by atoms with van der Waals surface area (Å²) in [5, 5.41) is 12.5. The van der Waals surface area contributed by atoms with Gasteiger partial charge >= 0.3 is 0 Å². The molecule has 4 nitrogen and oxygen atoms in total. The molecule has 0 fully saturated rings. The van der Waals surface area contributed by atoms with Gasteiger partial charge in [0.2, 0.25) is 0 Å². The number of anilines is 1. The normalized spacial score (nSPS) is 10.1. The Labute approximate surface area is 118 Å². The van der Waals surface area contributed by atoms with Gasteiger partial charge in [0.15, 0.2) is 5.15 Å². The Morgan fingerprint density at radius 3 is 3.00 bits per heavy atom. The average Bonchev–Trinajstić information content (AvgIpc) is 2.71. The standard InChI is InChI=1S/C12H10BrClN4/c1-18-7-8(2-10(18)4-15)5-16-11-3-9(13)6-17-12(11)14/h2-3,6-7,16H,5H2,1H3. The van der Waals surface area contributed by atoms with Gasteiger partial charge < -0.3 is 9.88 Å². The van der Waals surface area contributed by atoms with Gasteiger partial charge in [-0.1, -0.05) is 11.6 Å². The molecule has 2 heterocycles. The van der Waals surface area contributed by atoms with Crippen molar-refractivity contribution in [3.63, 3.8) is 0 Å². The van der Waals surface area contributed by atoms with Gasteiger partial charge in [0, 0.05) is 30.5 Å². The van der Waals surface area contributed by atoms with Crippen molar-refractivity contribution >= 4 is 33.2 Å². The van der Waals surface area contributed by atoms with Crippen molar-refractivity contribution in [2.45, 2.75) is 6.54 Å². The van der Waals surface area contributed by atoms with Crippen molar-refractivity contribution in [1.29, 1.82) is 5.26 Å². The second-order valence-electron chi connectivity index (χ2n) is 3.80. The van der Waals surface area contributed by atoms with Crippen LogP contribution in [0.15, 0.2) is 29.0 Å². The van der Waals surface area contributed by atoms with Crippen molar-refractivity contribution in [3.8, 4) is 6.07 Å². The van der Waals surface area contributed by atoms with E-state index in [-0.39, 0.29) is 0 Å². The van der Waals surface area contributed by atoms with Gasteiger partial charge in [-0.3, -0.25) is 0 Å². The molecule has 1 N–H and O–H groups in total. The van der Waals surface area contributed by atoms with E-state index in [0.717, 1.165) is 15.7 Å². The third-order valence-corrected chi connectivity index (χ3v) is 3.20. The Hall–Kier alpha value is -1.51. The number of pyridine rings is 1. The fourth-order valence-corrected chi connectivity index (χ4v) is 2.09. The van der Waals surface area contributed by atoms with Crippen molar-refractivity contribution in [1.82, 2.24) is 9.55 Å². The number of aromatic nitrogens is 2. The van der Waals surface area contributed by atoms with Crippen molar-refractivity contribution in [2.75, 3.05) is 5.32 Å². The number of halogens is 2. The van der Waals surface area contributed by atoms with Gasteiger partial charge in [-0.05, 0) is 33.6 Å². The Morgan fingerprint density at radius 1 is 1.56 bits per heavy atom. The minimum atomic E-state index is 0.426. The Bertz CT molecular complexity index is 615. The van der Waals surface area contributed by atoms with Crippen LogP contribution in [0.4, 0.5) is 5.69 Å². The van der Waals surface area contributed by atoms with E-state index in [1.165, 1.54) is 0 Å². The molecule has 0 aliphatic rings. The fourth-order valence-electron chi connectivity index (χ4n) is 1.58. The smallest absolute Gasteiger partial charge is 0.152 e. The molecule has 2 aromatic rings. The van der Waals surface area contributed by atoms with Crippen molar-refractivity contribution in [3.05, 3.63) is 45.4 Å². The molecule has 0 amide bonds. The predicted octanol–water partition coefficient (Wildman–Crippen LogP) is 3.32. The maximum absolute atomic E-state index is 8.87. The maximum atomic E-state index is 8.87. The fraction of sp³-hybridized carbons (Fsp3) is 0.167. The van der Waals surface area contributed by atoms with E-state index in [1.807, 2.05) is 25.4 Å². The van der Waals surface area contributed by atoms with Crippen LogP contribution in [-0.4, -0.2) is 9.55 Å². The van der Waals surface area contributed by atoms with E-state index >= 15 is 0 Å². The molecule has 6 heteroatoms. The van der Waals surface area contributed by atoms with Crippen LogP contribution in [-0.2, 0) is 13.6 Å². The monoisotopic (exact) mass is 324 g/mol. The molecule has 2 rings (SSSR count). The van der Waals surface area contributed by atoms with Crippen LogP contribution in [0.3, 0.4) is 0 Å². The summed E-state index contributed by atoms with van der Waals surface area (Å²) in [7, 11) is 1.84. The Balaban J connectivity index is 2.11. The van der Waals surface area contributed by atoms with Gasteiger partial charge in [-0.15, -0.1) is 0 Å². The minimum Gasteiger partial charge on any atom is -0.378 e. The van der Waals surface area contributed by atoms with Crippen LogP contribution in [0.25, 0.3) is 0 Å². The quantitative estimate of drug-likeness (QED) is 0.881. The van der Waals surface area contributed by atoms with Crippen LogP contribution in [0.1, 0.15) is 11.3 Å². The van der Waals surface area contributed by atoms with Crippen LogP contribution in [0.5, 0.6) is 0 Å². The predicted molar refractivity (Wildman–Crippen MR) is 74.4 cm³/mol. The van der Waals surface area contributed by atoms with Gasteiger partial charge in [-0.25, -0.2) is 4.98 Å². The first-order valence-corrected chi connectivity index (χ1v) is 6.37. The molecule has 0 aliphatic heterocycles. The summed E-state index contributed by atoms with van der Waals surface area (Å²) >= 11 is 9.32. The maximum Gasteiger partial charge on any atom is 0.152 e. The number of rotatable bonds is 3. The van der Waals surface area contributed by atoms with E-state index in [0.29, 0.717) is 17.4 Å². The number of nitrogens with one attached hydrogen (secondary N) is 1. The molecule has 0 bridgehead atoms. The summed E-state index contributed by atoms with van der Waals surface area (Å²) < 4.78 is 2.65. The Kier molecular flexibility index (Phi) is 3.90. The molecule has 92 valence electrons. The second kappa shape index (κ2) is 5.42. The van der Waals surface area contributed by atoms with E-state index in [4.69, 9.17) is 16.9 Å². The van der Waals surface area contributed by atoms with E-state index < -0.39 is 0 Å². The number of hydrogen-bond acceptors (Lipinski definition) is 3. The lowest BCUT2D eigenvalue weighted by atomic mass is 10.3. The lowest BCUT2D eigenvalue weighted by Crippen LogP contribution is -1.99. The lowest BCUT2D eigenvalue weighted by Gasteiger charge is -2.06. The van der Waals surface area contributed by atoms with Gasteiger partial charge in [0.05, 0.1) is 5.69 Å². The highest BCUT2D eigenvalue weighted by Gasteiger charge is 2.05. The lowest BCUT2D eigenvalue weighted by molar-refractivity contribution is 0.902. The first-order chi connectivity index (χ1) is 8.60. The summed E-state index contributed by atoms with van der Waals surface area (Å²) in [5.41, 5.74) is 2.41. The molecule has 18 heavy (non-hydrogen) atoms. The van der Waals surface area contributed by atoms with Crippen molar-refractivity contribution < 1.29 is 0 Å². The first-order valence-electron chi connectivity index (χ1n) is 5.20. The summed E-state index contributed by atoms with van der Waals surface area (Å²) in [6.07, 6.45) is 3.55. The summed E-state index contributed by atoms with van der Waals surface area (Å²) in [5.74, 6) is 0. The third kappa shape index (κ3) is 2.84. The number of aryl methyl sites for hydroxylation is 1. The molecule has 0 aliphatic carbocycles. The molecule has 0 saturated carbocycles. The van der Waals surface area contributed by atoms with Crippen LogP contribution >= 0.6 is 27.5 Å². The summed E-state index contributed by atoms with van der Waals surface area (Å²) in [6.45, 7) is 0.591. The van der Waals surface area contributed by atoms with Crippen LogP contribution in [0, 0.1) is 11.3 Å². The summed E-state index contributed by atoms with van der Waals surface area (Å²) in [4.78, 5) is 4.03. The van der Waals surface area contributed by atoms with Gasteiger partial charge in [0.1, 0.15) is 11.8 Å². The SMILES string of the molecule is Cn1cc(CNc2cc(Br)cnc2Cl)cc1C#N. The largest absolute Gasteiger partial charge is 0.378 e. The zero-order valence-corrected chi connectivity index (χ0v) is 12.0. The summed E-state index contributed by atoms with van der Waals surface area (Å²) in [6, 6.07) is 5.83. The molecule has 2 aromatic heterocycles. The molecule has 0 atom stereocenters. The molecule has 0 aromatic carbocycles. The zero-order chi connectivity index (χ0) is 13.1. The second-order valence-corrected chi connectivity index (χ2v) is 5.08. The topological polar surface area (TPSA) is 53.6 Å². The number of nitrogens with zero attached hydrogens (tertiary/aromatic N) is 3. The van der Waals surface area contributed by atoms with Crippen LogP contribution in [0.2, 0.25) is 5.15 Å².